The molecule has 1 saturated carbocycles. The van der Waals surface area contributed by atoms with Crippen molar-refractivity contribution in [3.63, 3.8) is 0 Å². The predicted octanol–water partition coefficient (Wildman–Crippen LogP) is 6.08. The number of ether oxygens (including phenoxy) is 2. The number of hydrogen-bond acceptors (Lipinski definition) is 4. The van der Waals surface area contributed by atoms with Crippen LogP contribution in [0.3, 0.4) is 0 Å². The molecule has 0 radical (unpaired) electrons. The average Bonchev–Trinajstić information content (AvgIpc) is 2.75. The lowest BCUT2D eigenvalue weighted by atomic mass is 9.77. The fraction of sp³-hybridized carbons (Fsp3) is 0.440. The number of carbonyl (C=O) groups excluding carboxylic acids is 1. The van der Waals surface area contributed by atoms with Crippen molar-refractivity contribution >= 4 is 11.9 Å². The normalized spacial score (nSPS) is 18.6. The molecule has 3 rings (SSSR count). The van der Waals surface area contributed by atoms with Crippen LogP contribution in [0, 0.1) is 5.92 Å². The lowest BCUT2D eigenvalue weighted by Crippen LogP contribution is -2.17. The first-order valence-corrected chi connectivity index (χ1v) is 10.8. The molecular weight excluding hydrogens is 380 g/mol. The van der Waals surface area contributed by atoms with Crippen LogP contribution in [0.5, 0.6) is 11.5 Å². The summed E-state index contributed by atoms with van der Waals surface area (Å²) in [5.74, 6) is 0.380. The third-order valence-corrected chi connectivity index (χ3v) is 5.85. The molecule has 1 N–H and O–H groups in total. The quantitative estimate of drug-likeness (QED) is 0.422. The first-order chi connectivity index (χ1) is 14.5. The second kappa shape index (κ2) is 10.3. The van der Waals surface area contributed by atoms with Gasteiger partial charge in [-0.25, -0.2) is 9.59 Å². The van der Waals surface area contributed by atoms with Gasteiger partial charge in [0.25, 0.3) is 0 Å². The number of benzene rings is 2. The molecular formula is C25H30O5. The summed E-state index contributed by atoms with van der Waals surface area (Å²) in [6, 6.07) is 11.8. The van der Waals surface area contributed by atoms with E-state index in [9.17, 15) is 14.7 Å². The highest BCUT2D eigenvalue weighted by Crippen LogP contribution is 2.38. The summed E-state index contributed by atoms with van der Waals surface area (Å²) in [7, 11) is 0. The molecule has 0 saturated heterocycles. The zero-order chi connectivity index (χ0) is 21.5. The van der Waals surface area contributed by atoms with E-state index in [1.807, 2.05) is 13.0 Å². The van der Waals surface area contributed by atoms with E-state index < -0.39 is 11.9 Å². The van der Waals surface area contributed by atoms with Crippen LogP contribution in [0.1, 0.15) is 84.6 Å². The highest BCUT2D eigenvalue weighted by atomic mass is 16.5. The lowest BCUT2D eigenvalue weighted by molar-refractivity contribution is 0.0667. The maximum absolute atomic E-state index is 12.6. The molecule has 1 fully saturated rings. The van der Waals surface area contributed by atoms with E-state index in [2.05, 4.69) is 6.92 Å². The molecule has 0 unspecified atom stereocenters. The van der Waals surface area contributed by atoms with Crippen LogP contribution in [0.25, 0.3) is 0 Å². The van der Waals surface area contributed by atoms with E-state index in [-0.39, 0.29) is 11.1 Å². The minimum absolute atomic E-state index is 0.000817. The fourth-order valence-electron chi connectivity index (χ4n) is 4.30. The number of rotatable bonds is 8. The highest BCUT2D eigenvalue weighted by Gasteiger charge is 2.25. The van der Waals surface area contributed by atoms with Gasteiger partial charge in [0.05, 0.1) is 17.7 Å². The molecule has 2 aromatic rings. The maximum Gasteiger partial charge on any atom is 0.344 e. The lowest BCUT2D eigenvalue weighted by Gasteiger charge is -2.29. The summed E-state index contributed by atoms with van der Waals surface area (Å²) in [5, 5.41) is 9.69. The van der Waals surface area contributed by atoms with Crippen molar-refractivity contribution in [1.82, 2.24) is 0 Å². The van der Waals surface area contributed by atoms with Crippen LogP contribution in [0.2, 0.25) is 0 Å². The van der Waals surface area contributed by atoms with E-state index in [1.165, 1.54) is 25.7 Å². The number of aromatic carboxylic acids is 1. The molecule has 1 aliphatic rings. The van der Waals surface area contributed by atoms with Crippen molar-refractivity contribution in [2.75, 3.05) is 6.61 Å². The SMILES string of the molecule is CCC[C@H]1CC[C@H](c2ccc(C(=O)Oc3ccc(OCC)cc3)c(C(=O)O)c2)CC1. The van der Waals surface area contributed by atoms with Gasteiger partial charge in [0.2, 0.25) is 0 Å². The Kier molecular flexibility index (Phi) is 7.50. The smallest absolute Gasteiger partial charge is 0.344 e. The third kappa shape index (κ3) is 5.41. The molecule has 2 aromatic carbocycles. The number of esters is 1. The van der Waals surface area contributed by atoms with E-state index >= 15 is 0 Å². The predicted molar refractivity (Wildman–Crippen MR) is 116 cm³/mol. The van der Waals surface area contributed by atoms with Gasteiger partial charge >= 0.3 is 11.9 Å². The molecule has 5 nitrogen and oxygen atoms in total. The maximum atomic E-state index is 12.6. The molecule has 160 valence electrons. The van der Waals surface area contributed by atoms with Crippen molar-refractivity contribution < 1.29 is 24.2 Å². The first kappa shape index (κ1) is 21.9. The van der Waals surface area contributed by atoms with Crippen LogP contribution in [0.15, 0.2) is 42.5 Å². The Balaban J connectivity index is 1.73. The molecule has 0 spiro atoms. The van der Waals surface area contributed by atoms with E-state index in [4.69, 9.17) is 9.47 Å². The number of carboxylic acids is 1. The van der Waals surface area contributed by atoms with Gasteiger partial charge in [0.15, 0.2) is 0 Å². The van der Waals surface area contributed by atoms with Crippen LogP contribution in [0.4, 0.5) is 0 Å². The average molecular weight is 411 g/mol. The summed E-state index contributed by atoms with van der Waals surface area (Å²) < 4.78 is 10.8. The zero-order valence-corrected chi connectivity index (χ0v) is 17.7. The topological polar surface area (TPSA) is 72.8 Å². The van der Waals surface area contributed by atoms with Crippen LogP contribution in [-0.4, -0.2) is 23.7 Å². The molecule has 0 aliphatic heterocycles. The van der Waals surface area contributed by atoms with E-state index in [0.717, 1.165) is 24.3 Å². The molecule has 0 bridgehead atoms. The minimum Gasteiger partial charge on any atom is -0.494 e. The van der Waals surface area contributed by atoms with E-state index in [0.29, 0.717) is 24.0 Å². The van der Waals surface area contributed by atoms with Crippen LogP contribution >= 0.6 is 0 Å². The Morgan fingerprint density at radius 3 is 2.20 bits per heavy atom. The fourth-order valence-corrected chi connectivity index (χ4v) is 4.30. The molecule has 0 heterocycles. The minimum atomic E-state index is -1.12. The summed E-state index contributed by atoms with van der Waals surface area (Å²) >= 11 is 0. The van der Waals surface area contributed by atoms with E-state index in [1.54, 1.807) is 36.4 Å². The van der Waals surface area contributed by atoms with Crippen molar-refractivity contribution in [2.45, 2.75) is 58.3 Å². The Hall–Kier alpha value is -2.82. The molecule has 0 amide bonds. The second-order valence-electron chi connectivity index (χ2n) is 7.91. The summed E-state index contributed by atoms with van der Waals surface area (Å²) in [6.45, 7) is 4.66. The molecule has 5 heteroatoms. The Bertz CT molecular complexity index is 864. The Labute approximate surface area is 178 Å². The van der Waals surface area contributed by atoms with Gasteiger partial charge in [0.1, 0.15) is 11.5 Å². The van der Waals surface area contributed by atoms with Crippen LogP contribution in [-0.2, 0) is 0 Å². The number of carboxylic acid groups (broad SMARTS) is 1. The molecule has 0 atom stereocenters. The Morgan fingerprint density at radius 1 is 0.933 bits per heavy atom. The summed E-state index contributed by atoms with van der Waals surface area (Å²) in [6.07, 6.45) is 6.98. The molecule has 30 heavy (non-hydrogen) atoms. The van der Waals surface area contributed by atoms with Gasteiger partial charge in [0, 0.05) is 0 Å². The third-order valence-electron chi connectivity index (χ3n) is 5.85. The van der Waals surface area contributed by atoms with Gasteiger partial charge < -0.3 is 14.6 Å². The first-order valence-electron chi connectivity index (χ1n) is 10.8. The standard InChI is InChI=1S/C25H30O5/c1-3-5-17-6-8-18(9-7-17)19-10-15-22(23(16-19)24(26)27)25(28)30-21-13-11-20(12-14-21)29-4-2/h10-18H,3-9H2,1-2H3,(H,26,27)/t17-,18-. The van der Waals surface area contributed by atoms with Crippen molar-refractivity contribution in [1.29, 1.82) is 0 Å². The largest absolute Gasteiger partial charge is 0.494 e. The van der Waals surface area contributed by atoms with Gasteiger partial charge in [-0.1, -0.05) is 25.8 Å². The van der Waals surface area contributed by atoms with Gasteiger partial charge in [-0.05, 0) is 86.4 Å². The second-order valence-corrected chi connectivity index (χ2v) is 7.91. The van der Waals surface area contributed by atoms with Crippen molar-refractivity contribution in [3.05, 3.63) is 59.2 Å². The zero-order valence-electron chi connectivity index (χ0n) is 17.7. The van der Waals surface area contributed by atoms with Crippen molar-refractivity contribution in [2.24, 2.45) is 5.92 Å². The van der Waals surface area contributed by atoms with Crippen molar-refractivity contribution in [3.8, 4) is 11.5 Å². The summed E-state index contributed by atoms with van der Waals surface area (Å²) in [5.41, 5.74) is 1.07. The number of carbonyl (C=O) groups is 2. The molecule has 1 aliphatic carbocycles. The highest BCUT2D eigenvalue weighted by molar-refractivity contribution is 6.03. The number of hydrogen-bond donors (Lipinski definition) is 1. The molecule has 0 aromatic heterocycles. The summed E-state index contributed by atoms with van der Waals surface area (Å²) in [4.78, 5) is 24.5. The van der Waals surface area contributed by atoms with Crippen LogP contribution < -0.4 is 9.47 Å². The van der Waals surface area contributed by atoms with Gasteiger partial charge in [-0.3, -0.25) is 0 Å². The van der Waals surface area contributed by atoms with Gasteiger partial charge in [-0.2, -0.15) is 0 Å². The van der Waals surface area contributed by atoms with Gasteiger partial charge in [-0.15, -0.1) is 0 Å². The Morgan fingerprint density at radius 2 is 1.60 bits per heavy atom. The monoisotopic (exact) mass is 410 g/mol.